The first-order valence-electron chi connectivity index (χ1n) is 6.54. The van der Waals surface area contributed by atoms with Gasteiger partial charge in [-0.15, -0.1) is 22.7 Å². The number of aryl methyl sites for hydroxylation is 2. The molecule has 2 aromatic heterocycles. The molecule has 0 aromatic carbocycles. The SMILES string of the molecule is Cc1cc(CNCC(c2cccs2)N(C)C)c(C)s1. The van der Waals surface area contributed by atoms with Crippen LogP contribution in [0.15, 0.2) is 23.6 Å². The highest BCUT2D eigenvalue weighted by atomic mass is 32.1. The summed E-state index contributed by atoms with van der Waals surface area (Å²) in [5, 5.41) is 5.75. The first-order chi connectivity index (χ1) is 9.08. The van der Waals surface area contributed by atoms with E-state index in [0.717, 1.165) is 13.1 Å². The Morgan fingerprint density at radius 1 is 1.32 bits per heavy atom. The van der Waals surface area contributed by atoms with Crippen LogP contribution in [0.2, 0.25) is 0 Å². The fraction of sp³-hybridized carbons (Fsp3) is 0.467. The molecule has 0 amide bonds. The van der Waals surface area contributed by atoms with Gasteiger partial charge in [-0.2, -0.15) is 0 Å². The number of thiophene rings is 2. The maximum atomic E-state index is 3.60. The Morgan fingerprint density at radius 2 is 2.11 bits per heavy atom. The molecule has 0 aliphatic heterocycles. The van der Waals surface area contributed by atoms with Crippen LogP contribution in [0.3, 0.4) is 0 Å². The highest BCUT2D eigenvalue weighted by Crippen LogP contribution is 2.23. The maximum Gasteiger partial charge on any atom is 0.0561 e. The van der Waals surface area contributed by atoms with Crippen LogP contribution >= 0.6 is 22.7 Å². The van der Waals surface area contributed by atoms with Gasteiger partial charge in [0.15, 0.2) is 0 Å². The van der Waals surface area contributed by atoms with Crippen molar-refractivity contribution in [1.29, 1.82) is 0 Å². The lowest BCUT2D eigenvalue weighted by Gasteiger charge is -2.23. The van der Waals surface area contributed by atoms with Gasteiger partial charge in [-0.3, -0.25) is 0 Å². The van der Waals surface area contributed by atoms with Gasteiger partial charge in [-0.1, -0.05) is 6.07 Å². The molecule has 0 aliphatic rings. The average Bonchev–Trinajstić information content (AvgIpc) is 2.94. The fourth-order valence-corrected chi connectivity index (χ4v) is 4.09. The summed E-state index contributed by atoms with van der Waals surface area (Å²) in [6, 6.07) is 7.10. The molecule has 0 spiro atoms. The first-order valence-corrected chi connectivity index (χ1v) is 8.24. The first kappa shape index (κ1) is 14.7. The number of hydrogen-bond acceptors (Lipinski definition) is 4. The van der Waals surface area contributed by atoms with Crippen LogP contribution in [0.4, 0.5) is 0 Å². The van der Waals surface area contributed by atoms with Crippen molar-refractivity contribution in [2.75, 3.05) is 20.6 Å². The minimum Gasteiger partial charge on any atom is -0.311 e. The molecule has 0 aliphatic carbocycles. The number of hydrogen-bond donors (Lipinski definition) is 1. The second kappa shape index (κ2) is 6.66. The second-order valence-corrected chi connectivity index (χ2v) is 7.50. The van der Waals surface area contributed by atoms with Crippen molar-refractivity contribution in [2.45, 2.75) is 26.4 Å². The van der Waals surface area contributed by atoms with Crippen molar-refractivity contribution >= 4 is 22.7 Å². The number of rotatable bonds is 6. The summed E-state index contributed by atoms with van der Waals surface area (Å²) < 4.78 is 0. The molecular formula is C15H22N2S2. The van der Waals surface area contributed by atoms with E-state index in [1.807, 2.05) is 22.7 Å². The molecule has 1 atom stereocenters. The van der Waals surface area contributed by atoms with Crippen molar-refractivity contribution in [3.8, 4) is 0 Å². The predicted octanol–water partition coefficient (Wildman–Crippen LogP) is 3.82. The van der Waals surface area contributed by atoms with E-state index in [1.54, 1.807) is 0 Å². The minimum atomic E-state index is 0.458. The smallest absolute Gasteiger partial charge is 0.0561 e. The average molecular weight is 294 g/mol. The lowest BCUT2D eigenvalue weighted by molar-refractivity contribution is 0.292. The van der Waals surface area contributed by atoms with Gasteiger partial charge in [0.2, 0.25) is 0 Å². The Labute approximate surface area is 124 Å². The second-order valence-electron chi connectivity index (χ2n) is 5.06. The Kier molecular flexibility index (Phi) is 5.16. The Morgan fingerprint density at radius 3 is 2.63 bits per heavy atom. The molecule has 0 radical (unpaired) electrons. The monoisotopic (exact) mass is 294 g/mol. The van der Waals surface area contributed by atoms with Crippen molar-refractivity contribution in [3.63, 3.8) is 0 Å². The van der Waals surface area contributed by atoms with Gasteiger partial charge < -0.3 is 10.2 Å². The van der Waals surface area contributed by atoms with Crippen LogP contribution in [-0.2, 0) is 6.54 Å². The van der Waals surface area contributed by atoms with Crippen molar-refractivity contribution in [1.82, 2.24) is 10.2 Å². The summed E-state index contributed by atoms with van der Waals surface area (Å²) in [4.78, 5) is 6.54. The summed E-state index contributed by atoms with van der Waals surface area (Å²) in [7, 11) is 4.29. The van der Waals surface area contributed by atoms with Crippen molar-refractivity contribution in [3.05, 3.63) is 43.8 Å². The van der Waals surface area contributed by atoms with Crippen LogP contribution in [0, 0.1) is 13.8 Å². The summed E-state index contributed by atoms with van der Waals surface area (Å²) in [6.07, 6.45) is 0. The summed E-state index contributed by atoms with van der Waals surface area (Å²) >= 11 is 3.72. The summed E-state index contributed by atoms with van der Waals surface area (Å²) in [5.41, 5.74) is 1.44. The molecule has 1 N–H and O–H groups in total. The molecule has 1 unspecified atom stereocenters. The number of nitrogens with zero attached hydrogens (tertiary/aromatic N) is 1. The third-order valence-corrected chi connectivity index (χ3v) is 5.27. The van der Waals surface area contributed by atoms with E-state index < -0.39 is 0 Å². The van der Waals surface area contributed by atoms with Gasteiger partial charge in [0, 0.05) is 27.7 Å². The maximum absolute atomic E-state index is 3.60. The Bertz CT molecular complexity index is 500. The van der Waals surface area contributed by atoms with Crippen LogP contribution in [-0.4, -0.2) is 25.5 Å². The molecule has 0 saturated carbocycles. The van der Waals surface area contributed by atoms with Gasteiger partial charge in [0.05, 0.1) is 6.04 Å². The predicted molar refractivity (Wildman–Crippen MR) is 86.2 cm³/mol. The summed E-state index contributed by atoms with van der Waals surface area (Å²) in [6.45, 7) is 6.33. The lowest BCUT2D eigenvalue weighted by atomic mass is 10.2. The highest BCUT2D eigenvalue weighted by molar-refractivity contribution is 7.12. The molecule has 2 heterocycles. The lowest BCUT2D eigenvalue weighted by Crippen LogP contribution is -2.30. The van der Waals surface area contributed by atoms with Crippen LogP contribution in [0.25, 0.3) is 0 Å². The van der Waals surface area contributed by atoms with Crippen LogP contribution in [0.5, 0.6) is 0 Å². The molecule has 19 heavy (non-hydrogen) atoms. The largest absolute Gasteiger partial charge is 0.311 e. The Hall–Kier alpha value is -0.680. The summed E-state index contributed by atoms with van der Waals surface area (Å²) in [5.74, 6) is 0. The minimum absolute atomic E-state index is 0.458. The van der Waals surface area contributed by atoms with Gasteiger partial charge in [0.1, 0.15) is 0 Å². The normalized spacial score (nSPS) is 13.1. The molecule has 2 aromatic rings. The van der Waals surface area contributed by atoms with Crippen molar-refractivity contribution < 1.29 is 0 Å². The molecular weight excluding hydrogens is 272 g/mol. The molecule has 0 bridgehead atoms. The molecule has 0 saturated heterocycles. The quantitative estimate of drug-likeness (QED) is 0.871. The molecule has 2 rings (SSSR count). The van der Waals surface area contributed by atoms with E-state index in [0.29, 0.717) is 6.04 Å². The van der Waals surface area contributed by atoms with Gasteiger partial charge >= 0.3 is 0 Å². The third kappa shape index (κ3) is 3.89. The molecule has 104 valence electrons. The highest BCUT2D eigenvalue weighted by Gasteiger charge is 2.14. The van der Waals surface area contributed by atoms with E-state index >= 15 is 0 Å². The van der Waals surface area contributed by atoms with E-state index in [2.05, 4.69) is 61.7 Å². The molecule has 2 nitrogen and oxygen atoms in total. The van der Waals surface area contributed by atoms with E-state index in [9.17, 15) is 0 Å². The zero-order valence-electron chi connectivity index (χ0n) is 12.1. The van der Waals surface area contributed by atoms with Crippen molar-refractivity contribution in [2.24, 2.45) is 0 Å². The van der Waals surface area contributed by atoms with Crippen LogP contribution < -0.4 is 5.32 Å². The number of likely N-dealkylation sites (N-methyl/N-ethyl adjacent to an activating group) is 1. The van der Waals surface area contributed by atoms with Gasteiger partial charge in [0.25, 0.3) is 0 Å². The van der Waals surface area contributed by atoms with Gasteiger partial charge in [-0.05, 0) is 51.0 Å². The standard InChI is InChI=1S/C15H22N2S2/c1-11-8-13(12(2)19-11)9-16-10-14(17(3)4)15-6-5-7-18-15/h5-8,14,16H,9-10H2,1-4H3. The fourth-order valence-electron chi connectivity index (χ4n) is 2.22. The number of nitrogens with one attached hydrogen (secondary N) is 1. The van der Waals surface area contributed by atoms with E-state index in [4.69, 9.17) is 0 Å². The van der Waals surface area contributed by atoms with E-state index in [1.165, 1.54) is 20.2 Å². The molecule has 4 heteroatoms. The van der Waals surface area contributed by atoms with Gasteiger partial charge in [-0.25, -0.2) is 0 Å². The topological polar surface area (TPSA) is 15.3 Å². The van der Waals surface area contributed by atoms with Crippen LogP contribution in [0.1, 0.15) is 26.2 Å². The Balaban J connectivity index is 1.91. The van der Waals surface area contributed by atoms with E-state index in [-0.39, 0.29) is 0 Å². The molecule has 0 fully saturated rings. The zero-order valence-corrected chi connectivity index (χ0v) is 13.7. The third-order valence-electron chi connectivity index (χ3n) is 3.29. The zero-order chi connectivity index (χ0) is 13.8.